The normalized spacial score (nSPS) is 10.6. The van der Waals surface area contributed by atoms with E-state index in [0.29, 0.717) is 11.5 Å². The number of hydrogen-bond donors (Lipinski definition) is 0. The summed E-state index contributed by atoms with van der Waals surface area (Å²) >= 11 is 0. The molecule has 0 aliphatic heterocycles. The van der Waals surface area contributed by atoms with E-state index in [1.54, 1.807) is 43.5 Å². The van der Waals surface area contributed by atoms with E-state index in [-0.39, 0.29) is 11.3 Å². The van der Waals surface area contributed by atoms with Crippen LogP contribution in [0.1, 0.15) is 15.9 Å². The first-order chi connectivity index (χ1) is 10.2. The number of hydrogen-bond acceptors (Lipinski definition) is 3. The molecular weight excluding hydrogens is 271 g/mol. The molecule has 0 saturated heterocycles. The Balaban J connectivity index is 2.22. The summed E-state index contributed by atoms with van der Waals surface area (Å²) in [7, 11) is 3.09. The van der Waals surface area contributed by atoms with Crippen LogP contribution in [0.3, 0.4) is 0 Å². The fourth-order valence-corrected chi connectivity index (χ4v) is 1.88. The van der Waals surface area contributed by atoms with Crippen molar-refractivity contribution in [3.63, 3.8) is 0 Å². The van der Waals surface area contributed by atoms with Gasteiger partial charge in [0, 0.05) is 0 Å². The minimum Gasteiger partial charge on any atom is -0.493 e. The molecule has 108 valence electrons. The van der Waals surface area contributed by atoms with E-state index in [9.17, 15) is 9.18 Å². The molecule has 0 bridgehead atoms. The molecule has 0 atom stereocenters. The summed E-state index contributed by atoms with van der Waals surface area (Å²) in [5.41, 5.74) is 0.812. The fraction of sp³-hybridized carbons (Fsp3) is 0.118. The molecule has 21 heavy (non-hydrogen) atoms. The quantitative estimate of drug-likeness (QED) is 0.620. The van der Waals surface area contributed by atoms with E-state index < -0.39 is 5.82 Å². The highest BCUT2D eigenvalue weighted by atomic mass is 19.1. The van der Waals surface area contributed by atoms with Crippen LogP contribution in [-0.2, 0) is 0 Å². The number of ether oxygens (including phenoxy) is 2. The SMILES string of the molecule is COc1ccc(/C=C/C(=O)c2ccccc2F)cc1OC. The van der Waals surface area contributed by atoms with Gasteiger partial charge in [0.1, 0.15) is 5.82 Å². The molecule has 4 heteroatoms. The lowest BCUT2D eigenvalue weighted by Gasteiger charge is -2.07. The monoisotopic (exact) mass is 286 g/mol. The number of allylic oxidation sites excluding steroid dienone is 1. The van der Waals surface area contributed by atoms with Gasteiger partial charge in [-0.1, -0.05) is 24.3 Å². The molecule has 0 aliphatic rings. The van der Waals surface area contributed by atoms with Gasteiger partial charge in [-0.25, -0.2) is 4.39 Å². The lowest BCUT2D eigenvalue weighted by atomic mass is 10.1. The molecule has 2 aromatic carbocycles. The van der Waals surface area contributed by atoms with Crippen molar-refractivity contribution in [2.24, 2.45) is 0 Å². The van der Waals surface area contributed by atoms with Gasteiger partial charge in [-0.15, -0.1) is 0 Å². The molecule has 3 nitrogen and oxygen atoms in total. The van der Waals surface area contributed by atoms with Gasteiger partial charge < -0.3 is 9.47 Å². The van der Waals surface area contributed by atoms with Crippen molar-refractivity contribution in [3.05, 3.63) is 65.5 Å². The van der Waals surface area contributed by atoms with Gasteiger partial charge in [-0.3, -0.25) is 4.79 Å². The van der Waals surface area contributed by atoms with Crippen molar-refractivity contribution in [1.29, 1.82) is 0 Å². The lowest BCUT2D eigenvalue weighted by molar-refractivity contribution is 0.104. The van der Waals surface area contributed by atoms with Gasteiger partial charge in [0.15, 0.2) is 17.3 Å². The molecule has 0 fully saturated rings. The maximum Gasteiger partial charge on any atom is 0.188 e. The second kappa shape index (κ2) is 6.70. The van der Waals surface area contributed by atoms with Gasteiger partial charge in [0.25, 0.3) is 0 Å². The first-order valence-electron chi connectivity index (χ1n) is 6.34. The Hall–Kier alpha value is -2.62. The smallest absolute Gasteiger partial charge is 0.188 e. The van der Waals surface area contributed by atoms with Crippen molar-refractivity contribution >= 4 is 11.9 Å². The molecule has 0 radical (unpaired) electrons. The van der Waals surface area contributed by atoms with Gasteiger partial charge >= 0.3 is 0 Å². The minimum atomic E-state index is -0.528. The number of carbonyl (C=O) groups is 1. The second-order valence-electron chi connectivity index (χ2n) is 4.29. The number of benzene rings is 2. The van der Waals surface area contributed by atoms with E-state index in [0.717, 1.165) is 5.56 Å². The highest BCUT2D eigenvalue weighted by Crippen LogP contribution is 2.28. The first-order valence-corrected chi connectivity index (χ1v) is 6.34. The molecule has 0 aliphatic carbocycles. The molecule has 2 aromatic rings. The van der Waals surface area contributed by atoms with Crippen LogP contribution in [0.4, 0.5) is 4.39 Å². The summed E-state index contributed by atoms with van der Waals surface area (Å²) in [6, 6.07) is 11.2. The van der Waals surface area contributed by atoms with Gasteiger partial charge in [0.05, 0.1) is 19.8 Å². The summed E-state index contributed by atoms with van der Waals surface area (Å²) in [5, 5.41) is 0. The summed E-state index contributed by atoms with van der Waals surface area (Å²) in [5.74, 6) is 0.260. The predicted octanol–water partition coefficient (Wildman–Crippen LogP) is 3.74. The van der Waals surface area contributed by atoms with Crippen molar-refractivity contribution in [3.8, 4) is 11.5 Å². The lowest BCUT2D eigenvalue weighted by Crippen LogP contribution is -1.97. The van der Waals surface area contributed by atoms with Crippen molar-refractivity contribution in [1.82, 2.24) is 0 Å². The molecule has 0 N–H and O–H groups in total. The standard InChI is InChI=1S/C17H15FO3/c1-20-16-10-8-12(11-17(16)21-2)7-9-15(19)13-5-3-4-6-14(13)18/h3-11H,1-2H3/b9-7+. The predicted molar refractivity (Wildman–Crippen MR) is 79.3 cm³/mol. The Bertz CT molecular complexity index is 677. The number of ketones is 1. The van der Waals surface area contributed by atoms with Crippen LogP contribution in [0, 0.1) is 5.82 Å². The van der Waals surface area contributed by atoms with Crippen molar-refractivity contribution < 1.29 is 18.7 Å². The summed E-state index contributed by atoms with van der Waals surface area (Å²) in [6.45, 7) is 0. The number of methoxy groups -OCH3 is 2. The molecule has 0 aromatic heterocycles. The molecule has 0 saturated carbocycles. The third-order valence-electron chi connectivity index (χ3n) is 2.97. The Kier molecular flexibility index (Phi) is 4.72. The molecule has 0 heterocycles. The van der Waals surface area contributed by atoms with Crippen molar-refractivity contribution in [2.45, 2.75) is 0 Å². The van der Waals surface area contributed by atoms with Crippen LogP contribution in [0.25, 0.3) is 6.08 Å². The third-order valence-corrected chi connectivity index (χ3v) is 2.97. The zero-order valence-corrected chi connectivity index (χ0v) is 11.8. The number of halogens is 1. The van der Waals surface area contributed by atoms with Crippen LogP contribution in [-0.4, -0.2) is 20.0 Å². The highest BCUT2D eigenvalue weighted by Gasteiger charge is 2.08. The largest absolute Gasteiger partial charge is 0.493 e. The molecule has 0 amide bonds. The van der Waals surface area contributed by atoms with Crippen LogP contribution in [0.2, 0.25) is 0 Å². The number of rotatable bonds is 5. The average Bonchev–Trinajstić information content (AvgIpc) is 2.52. The number of carbonyl (C=O) groups excluding carboxylic acids is 1. The summed E-state index contributed by atoms with van der Waals surface area (Å²) in [6.07, 6.45) is 2.94. The van der Waals surface area contributed by atoms with E-state index >= 15 is 0 Å². The molecule has 0 unspecified atom stereocenters. The van der Waals surface area contributed by atoms with Crippen LogP contribution >= 0.6 is 0 Å². The third kappa shape index (κ3) is 3.48. The Morgan fingerprint density at radius 2 is 1.76 bits per heavy atom. The Labute approximate surface area is 122 Å². The van der Waals surface area contributed by atoms with Crippen LogP contribution in [0.5, 0.6) is 11.5 Å². The van der Waals surface area contributed by atoms with Crippen LogP contribution < -0.4 is 9.47 Å². The summed E-state index contributed by atoms with van der Waals surface area (Å²) < 4.78 is 23.8. The molecular formula is C17H15FO3. The topological polar surface area (TPSA) is 35.5 Å². The van der Waals surface area contributed by atoms with E-state index in [1.807, 2.05) is 0 Å². The van der Waals surface area contributed by atoms with E-state index in [4.69, 9.17) is 9.47 Å². The van der Waals surface area contributed by atoms with E-state index in [2.05, 4.69) is 0 Å². The zero-order valence-electron chi connectivity index (χ0n) is 11.8. The van der Waals surface area contributed by atoms with Crippen LogP contribution in [0.15, 0.2) is 48.5 Å². The average molecular weight is 286 g/mol. The highest BCUT2D eigenvalue weighted by molar-refractivity contribution is 6.07. The Morgan fingerprint density at radius 1 is 1.05 bits per heavy atom. The summed E-state index contributed by atoms with van der Waals surface area (Å²) in [4.78, 5) is 11.9. The van der Waals surface area contributed by atoms with Crippen molar-refractivity contribution in [2.75, 3.05) is 14.2 Å². The molecule has 0 spiro atoms. The Morgan fingerprint density at radius 3 is 2.43 bits per heavy atom. The zero-order chi connectivity index (χ0) is 15.2. The second-order valence-corrected chi connectivity index (χ2v) is 4.29. The minimum absolute atomic E-state index is 0.0502. The van der Waals surface area contributed by atoms with Gasteiger partial charge in [-0.05, 0) is 35.9 Å². The molecule has 2 rings (SSSR count). The van der Waals surface area contributed by atoms with Gasteiger partial charge in [-0.2, -0.15) is 0 Å². The van der Waals surface area contributed by atoms with E-state index in [1.165, 1.54) is 25.3 Å². The van der Waals surface area contributed by atoms with Gasteiger partial charge in [0.2, 0.25) is 0 Å². The first kappa shape index (κ1) is 14.8. The maximum absolute atomic E-state index is 13.5. The fourth-order valence-electron chi connectivity index (χ4n) is 1.88. The maximum atomic E-state index is 13.5.